The van der Waals surface area contributed by atoms with E-state index in [2.05, 4.69) is 0 Å². The van der Waals surface area contributed by atoms with Crippen molar-refractivity contribution in [2.24, 2.45) is 0 Å². The third-order valence-electron chi connectivity index (χ3n) is 1.82. The fraction of sp³-hybridized carbons (Fsp3) is 0.333. The predicted molar refractivity (Wildman–Crippen MR) is 44.6 cm³/mol. The SMILES string of the molecule is CC(F)(F)c1ccc(F)c(CNO)c1. The van der Waals surface area contributed by atoms with Gasteiger partial charge in [-0.1, -0.05) is 6.07 Å². The first-order valence-electron chi connectivity index (χ1n) is 3.99. The standard InChI is InChI=1S/C9H10F3NO/c1-9(11,12)7-2-3-8(10)6(4-7)5-13-14/h2-4,13-14H,5H2,1H3. The summed E-state index contributed by atoms with van der Waals surface area (Å²) >= 11 is 0. The Bertz CT molecular complexity index is 322. The molecule has 0 fully saturated rings. The van der Waals surface area contributed by atoms with E-state index < -0.39 is 11.7 Å². The van der Waals surface area contributed by atoms with Gasteiger partial charge in [0.2, 0.25) is 0 Å². The predicted octanol–water partition coefficient (Wildman–Crippen LogP) is 2.42. The number of rotatable bonds is 3. The molecular weight excluding hydrogens is 195 g/mol. The average Bonchev–Trinajstić information content (AvgIpc) is 2.07. The molecule has 0 aliphatic rings. The summed E-state index contributed by atoms with van der Waals surface area (Å²) in [5.41, 5.74) is 1.45. The molecule has 1 aromatic rings. The zero-order valence-corrected chi connectivity index (χ0v) is 7.52. The van der Waals surface area contributed by atoms with Crippen molar-refractivity contribution >= 4 is 0 Å². The van der Waals surface area contributed by atoms with Crippen molar-refractivity contribution in [3.63, 3.8) is 0 Å². The summed E-state index contributed by atoms with van der Waals surface area (Å²) in [6.07, 6.45) is 0. The fourth-order valence-electron chi connectivity index (χ4n) is 1.07. The molecule has 0 amide bonds. The van der Waals surface area contributed by atoms with Gasteiger partial charge in [-0.15, -0.1) is 0 Å². The fourth-order valence-corrected chi connectivity index (χ4v) is 1.07. The topological polar surface area (TPSA) is 32.3 Å². The highest BCUT2D eigenvalue weighted by atomic mass is 19.3. The summed E-state index contributed by atoms with van der Waals surface area (Å²) in [4.78, 5) is 0. The molecule has 0 aromatic heterocycles. The molecule has 0 spiro atoms. The highest BCUT2D eigenvalue weighted by Gasteiger charge is 2.24. The van der Waals surface area contributed by atoms with E-state index in [0.717, 1.165) is 25.1 Å². The van der Waals surface area contributed by atoms with Gasteiger partial charge in [-0.2, -0.15) is 0 Å². The molecule has 0 bridgehead atoms. The Hall–Kier alpha value is -1.07. The maximum absolute atomic E-state index is 12.9. The molecule has 2 nitrogen and oxygen atoms in total. The molecule has 5 heteroatoms. The van der Waals surface area contributed by atoms with Crippen molar-refractivity contribution in [3.8, 4) is 0 Å². The van der Waals surface area contributed by atoms with Gasteiger partial charge in [-0.3, -0.25) is 0 Å². The van der Waals surface area contributed by atoms with Crippen LogP contribution in [0.1, 0.15) is 18.1 Å². The number of hydrogen-bond donors (Lipinski definition) is 2. The Balaban J connectivity index is 3.06. The molecule has 0 radical (unpaired) electrons. The Morgan fingerprint density at radius 2 is 2.07 bits per heavy atom. The van der Waals surface area contributed by atoms with E-state index in [1.807, 2.05) is 0 Å². The van der Waals surface area contributed by atoms with Crippen LogP contribution in [0.15, 0.2) is 18.2 Å². The summed E-state index contributed by atoms with van der Waals surface area (Å²) in [6, 6.07) is 3.01. The molecule has 0 aliphatic heterocycles. The summed E-state index contributed by atoms with van der Waals surface area (Å²) in [7, 11) is 0. The van der Waals surface area contributed by atoms with Gasteiger partial charge in [0.05, 0.1) is 0 Å². The average molecular weight is 205 g/mol. The van der Waals surface area contributed by atoms with Crippen molar-refractivity contribution in [3.05, 3.63) is 35.1 Å². The number of hydroxylamine groups is 1. The maximum Gasteiger partial charge on any atom is 0.270 e. The number of halogens is 3. The highest BCUT2D eigenvalue weighted by Crippen LogP contribution is 2.28. The van der Waals surface area contributed by atoms with Gasteiger partial charge in [0.25, 0.3) is 5.92 Å². The minimum atomic E-state index is -3.00. The maximum atomic E-state index is 12.9. The number of nitrogens with one attached hydrogen (secondary N) is 1. The van der Waals surface area contributed by atoms with E-state index in [1.54, 1.807) is 5.48 Å². The van der Waals surface area contributed by atoms with Crippen molar-refractivity contribution in [2.45, 2.75) is 19.4 Å². The monoisotopic (exact) mass is 205 g/mol. The zero-order chi connectivity index (χ0) is 10.8. The van der Waals surface area contributed by atoms with Crippen LogP contribution < -0.4 is 5.48 Å². The molecule has 0 saturated carbocycles. The third kappa shape index (κ3) is 2.46. The molecule has 0 atom stereocenters. The van der Waals surface area contributed by atoms with E-state index in [0.29, 0.717) is 0 Å². The first-order valence-corrected chi connectivity index (χ1v) is 3.99. The van der Waals surface area contributed by atoms with Gasteiger partial charge >= 0.3 is 0 Å². The Kier molecular flexibility index (Phi) is 3.13. The van der Waals surface area contributed by atoms with Crippen LogP contribution in [-0.4, -0.2) is 5.21 Å². The third-order valence-corrected chi connectivity index (χ3v) is 1.82. The number of alkyl halides is 2. The van der Waals surface area contributed by atoms with E-state index in [4.69, 9.17) is 5.21 Å². The van der Waals surface area contributed by atoms with Crippen LogP contribution in [0.3, 0.4) is 0 Å². The van der Waals surface area contributed by atoms with Crippen LogP contribution in [0.4, 0.5) is 13.2 Å². The summed E-state index contributed by atoms with van der Waals surface area (Å²) < 4.78 is 38.6. The second-order valence-electron chi connectivity index (χ2n) is 3.03. The largest absolute Gasteiger partial charge is 0.316 e. The van der Waals surface area contributed by atoms with Gasteiger partial charge < -0.3 is 5.21 Å². The lowest BCUT2D eigenvalue weighted by Crippen LogP contribution is -2.12. The molecule has 0 heterocycles. The second-order valence-corrected chi connectivity index (χ2v) is 3.03. The van der Waals surface area contributed by atoms with E-state index in [-0.39, 0.29) is 17.7 Å². The lowest BCUT2D eigenvalue weighted by Gasteiger charge is -2.12. The minimum Gasteiger partial charge on any atom is -0.316 e. The highest BCUT2D eigenvalue weighted by molar-refractivity contribution is 5.27. The lowest BCUT2D eigenvalue weighted by atomic mass is 10.1. The van der Waals surface area contributed by atoms with Crippen LogP contribution in [0.5, 0.6) is 0 Å². The van der Waals surface area contributed by atoms with Crippen molar-refractivity contribution in [1.29, 1.82) is 0 Å². The molecule has 0 aliphatic carbocycles. The van der Waals surface area contributed by atoms with Crippen LogP contribution in [0, 0.1) is 5.82 Å². The van der Waals surface area contributed by atoms with Gasteiger partial charge in [0.1, 0.15) is 5.82 Å². The normalized spacial score (nSPS) is 11.8. The van der Waals surface area contributed by atoms with Crippen LogP contribution >= 0.6 is 0 Å². The first kappa shape index (κ1) is 11.0. The van der Waals surface area contributed by atoms with E-state index >= 15 is 0 Å². The van der Waals surface area contributed by atoms with Crippen LogP contribution in [0.25, 0.3) is 0 Å². The van der Waals surface area contributed by atoms with Gasteiger partial charge in [-0.05, 0) is 12.1 Å². The molecule has 1 rings (SSSR count). The number of hydrogen-bond acceptors (Lipinski definition) is 2. The van der Waals surface area contributed by atoms with Gasteiger partial charge in [0.15, 0.2) is 0 Å². The van der Waals surface area contributed by atoms with E-state index in [1.165, 1.54) is 0 Å². The van der Waals surface area contributed by atoms with Gasteiger partial charge in [-0.25, -0.2) is 18.7 Å². The second kappa shape index (κ2) is 3.98. The van der Waals surface area contributed by atoms with Crippen molar-refractivity contribution in [1.82, 2.24) is 5.48 Å². The molecule has 78 valence electrons. The zero-order valence-electron chi connectivity index (χ0n) is 7.52. The van der Waals surface area contributed by atoms with Gasteiger partial charge in [0, 0.05) is 24.6 Å². The molecule has 0 unspecified atom stereocenters. The van der Waals surface area contributed by atoms with E-state index in [9.17, 15) is 13.2 Å². The summed E-state index contributed by atoms with van der Waals surface area (Å²) in [5.74, 6) is -3.63. The van der Waals surface area contributed by atoms with Crippen molar-refractivity contribution < 1.29 is 18.4 Å². The molecular formula is C9H10F3NO. The molecule has 0 saturated heterocycles. The number of benzene rings is 1. The first-order chi connectivity index (χ1) is 6.45. The summed E-state index contributed by atoms with van der Waals surface area (Å²) in [5, 5.41) is 8.33. The minimum absolute atomic E-state index is 0.00604. The molecule has 1 aromatic carbocycles. The molecule has 14 heavy (non-hydrogen) atoms. The quantitative estimate of drug-likeness (QED) is 0.742. The lowest BCUT2D eigenvalue weighted by molar-refractivity contribution is 0.0172. The smallest absolute Gasteiger partial charge is 0.270 e. The van der Waals surface area contributed by atoms with Crippen molar-refractivity contribution in [2.75, 3.05) is 0 Å². The Morgan fingerprint density at radius 1 is 1.43 bits per heavy atom. The summed E-state index contributed by atoms with van der Waals surface area (Å²) in [6.45, 7) is 0.534. The van der Waals surface area contributed by atoms with Crippen LogP contribution in [0.2, 0.25) is 0 Å². The Labute approximate surface area is 79.3 Å². The van der Waals surface area contributed by atoms with Crippen LogP contribution in [-0.2, 0) is 12.5 Å². The molecule has 2 N–H and O–H groups in total. The Morgan fingerprint density at radius 3 is 2.57 bits per heavy atom.